The lowest BCUT2D eigenvalue weighted by Crippen LogP contribution is -2.38. The van der Waals surface area contributed by atoms with Crippen LogP contribution in [0.2, 0.25) is 0 Å². The van der Waals surface area contributed by atoms with Crippen LogP contribution in [0.3, 0.4) is 0 Å². The van der Waals surface area contributed by atoms with Crippen LogP contribution in [0.15, 0.2) is 18.2 Å². The number of nitro benzene ring substituents is 1. The molecule has 1 N–H and O–H groups in total. The summed E-state index contributed by atoms with van der Waals surface area (Å²) < 4.78 is 4.61. The summed E-state index contributed by atoms with van der Waals surface area (Å²) in [4.78, 5) is 23.5. The number of hydrogen-bond acceptors (Lipinski definition) is 6. The van der Waals surface area contributed by atoms with Crippen molar-refractivity contribution in [3.05, 3.63) is 28.3 Å². The van der Waals surface area contributed by atoms with E-state index in [1.54, 1.807) is 17.0 Å². The summed E-state index contributed by atoms with van der Waals surface area (Å²) in [6.45, 7) is 1.24. The summed E-state index contributed by atoms with van der Waals surface area (Å²) >= 11 is 0. The largest absolute Gasteiger partial charge is 0.468 e. The highest BCUT2D eigenvalue weighted by molar-refractivity contribution is 5.84. The van der Waals surface area contributed by atoms with Crippen molar-refractivity contribution in [2.45, 2.75) is 0 Å². The molecule has 0 bridgehead atoms. The second-order valence-electron chi connectivity index (χ2n) is 3.85. The van der Waals surface area contributed by atoms with Gasteiger partial charge in [-0.15, -0.1) is 0 Å². The Morgan fingerprint density at radius 1 is 1.61 bits per heavy atom. The molecule has 2 rings (SSSR count). The molecule has 0 aromatic heterocycles. The zero-order valence-electron chi connectivity index (χ0n) is 9.88. The third-order valence-corrected chi connectivity index (χ3v) is 2.79. The predicted octanol–water partition coefficient (Wildman–Crippen LogP) is 1.000. The van der Waals surface area contributed by atoms with E-state index in [-0.39, 0.29) is 18.2 Å². The third-order valence-electron chi connectivity index (χ3n) is 2.79. The first-order valence-electron chi connectivity index (χ1n) is 5.46. The highest BCUT2D eigenvalue weighted by Gasteiger charge is 2.25. The fourth-order valence-electron chi connectivity index (χ4n) is 1.95. The number of hydrogen-bond donors (Lipinski definition) is 1. The van der Waals surface area contributed by atoms with Gasteiger partial charge in [-0.05, 0) is 6.07 Å². The highest BCUT2D eigenvalue weighted by atomic mass is 16.6. The Morgan fingerprint density at radius 3 is 3.06 bits per heavy atom. The third kappa shape index (κ3) is 2.20. The number of esters is 1. The number of anilines is 2. The minimum atomic E-state index is -0.437. The average molecular weight is 251 g/mol. The molecule has 1 aromatic rings. The zero-order valence-corrected chi connectivity index (χ0v) is 9.88. The molecule has 96 valence electrons. The minimum Gasteiger partial charge on any atom is -0.468 e. The molecule has 18 heavy (non-hydrogen) atoms. The maximum absolute atomic E-state index is 11.3. The molecule has 7 heteroatoms. The fourth-order valence-corrected chi connectivity index (χ4v) is 1.95. The van der Waals surface area contributed by atoms with Gasteiger partial charge in [-0.3, -0.25) is 14.9 Å². The molecule has 1 aromatic carbocycles. The van der Waals surface area contributed by atoms with Gasteiger partial charge < -0.3 is 15.0 Å². The SMILES string of the molecule is COC(=O)CN1CCNc2c1cccc2[N+](=O)[O-]. The van der Waals surface area contributed by atoms with Crippen LogP contribution >= 0.6 is 0 Å². The zero-order chi connectivity index (χ0) is 13.1. The van der Waals surface area contributed by atoms with Crippen molar-refractivity contribution >= 4 is 23.0 Å². The molecule has 7 nitrogen and oxygen atoms in total. The number of nitrogens with zero attached hydrogens (tertiary/aromatic N) is 2. The molecule has 0 saturated carbocycles. The van der Waals surface area contributed by atoms with Crippen LogP contribution in [0.4, 0.5) is 17.1 Å². The summed E-state index contributed by atoms with van der Waals surface area (Å²) in [6.07, 6.45) is 0. The van der Waals surface area contributed by atoms with E-state index < -0.39 is 4.92 Å². The van der Waals surface area contributed by atoms with E-state index in [4.69, 9.17) is 0 Å². The number of rotatable bonds is 3. The van der Waals surface area contributed by atoms with Crippen molar-refractivity contribution in [3.8, 4) is 0 Å². The van der Waals surface area contributed by atoms with Crippen LogP contribution < -0.4 is 10.2 Å². The molecular formula is C11H13N3O4. The van der Waals surface area contributed by atoms with Crippen LogP contribution in [-0.4, -0.2) is 37.6 Å². The molecule has 0 unspecified atom stereocenters. The number of carbonyl (C=O) groups is 1. The standard InChI is InChI=1S/C11H13N3O4/c1-18-10(15)7-13-6-5-12-11-8(13)3-2-4-9(11)14(16)17/h2-4,12H,5-7H2,1H3. The van der Waals surface area contributed by atoms with Gasteiger partial charge in [0.25, 0.3) is 5.69 Å². The number of ether oxygens (including phenoxy) is 1. The van der Waals surface area contributed by atoms with E-state index in [1.165, 1.54) is 13.2 Å². The van der Waals surface area contributed by atoms with Crippen molar-refractivity contribution < 1.29 is 14.5 Å². The lowest BCUT2D eigenvalue weighted by atomic mass is 10.1. The van der Waals surface area contributed by atoms with Crippen LogP contribution in [0.25, 0.3) is 0 Å². The summed E-state index contributed by atoms with van der Waals surface area (Å²) in [5, 5.41) is 13.9. The number of para-hydroxylation sites is 1. The van der Waals surface area contributed by atoms with Crippen molar-refractivity contribution in [2.24, 2.45) is 0 Å². The Morgan fingerprint density at radius 2 is 2.39 bits per heavy atom. The average Bonchev–Trinajstić information content (AvgIpc) is 2.38. The van der Waals surface area contributed by atoms with Crippen molar-refractivity contribution in [1.82, 2.24) is 0 Å². The van der Waals surface area contributed by atoms with Crippen LogP contribution in [0.5, 0.6) is 0 Å². The predicted molar refractivity (Wildman–Crippen MR) is 65.8 cm³/mol. The van der Waals surface area contributed by atoms with E-state index in [1.807, 2.05) is 0 Å². The Balaban J connectivity index is 2.35. The van der Waals surface area contributed by atoms with E-state index >= 15 is 0 Å². The van der Waals surface area contributed by atoms with Gasteiger partial charge in [0.2, 0.25) is 0 Å². The number of carbonyl (C=O) groups excluding carboxylic acids is 1. The topological polar surface area (TPSA) is 84.7 Å². The van der Waals surface area contributed by atoms with Gasteiger partial charge in [0.15, 0.2) is 0 Å². The van der Waals surface area contributed by atoms with Gasteiger partial charge in [-0.25, -0.2) is 0 Å². The summed E-state index contributed by atoms with van der Waals surface area (Å²) in [6, 6.07) is 4.79. The number of benzene rings is 1. The van der Waals surface area contributed by atoms with Gasteiger partial charge in [0.05, 0.1) is 17.7 Å². The van der Waals surface area contributed by atoms with Crippen molar-refractivity contribution in [2.75, 3.05) is 37.0 Å². The summed E-state index contributed by atoms with van der Waals surface area (Å²) in [7, 11) is 1.32. The molecule has 0 amide bonds. The lowest BCUT2D eigenvalue weighted by Gasteiger charge is -2.30. The van der Waals surface area contributed by atoms with Crippen molar-refractivity contribution in [3.63, 3.8) is 0 Å². The Kier molecular flexibility index (Phi) is 3.31. The molecule has 0 atom stereocenters. The van der Waals surface area contributed by atoms with E-state index in [2.05, 4.69) is 10.1 Å². The van der Waals surface area contributed by atoms with Gasteiger partial charge >= 0.3 is 5.97 Å². The monoisotopic (exact) mass is 251 g/mol. The molecule has 1 aliphatic heterocycles. The van der Waals surface area contributed by atoms with Crippen LogP contribution in [0, 0.1) is 10.1 Å². The second kappa shape index (κ2) is 4.91. The Labute approximate surface area is 103 Å². The Hall–Kier alpha value is -2.31. The Bertz CT molecular complexity index is 489. The van der Waals surface area contributed by atoms with Crippen LogP contribution in [0.1, 0.15) is 0 Å². The first-order valence-corrected chi connectivity index (χ1v) is 5.46. The maximum atomic E-state index is 11.3. The molecule has 0 saturated heterocycles. The fraction of sp³-hybridized carbons (Fsp3) is 0.364. The lowest BCUT2D eigenvalue weighted by molar-refractivity contribution is -0.383. The number of methoxy groups -OCH3 is 1. The molecule has 0 fully saturated rings. The second-order valence-corrected chi connectivity index (χ2v) is 3.85. The van der Waals surface area contributed by atoms with Gasteiger partial charge in [0.1, 0.15) is 12.2 Å². The molecular weight excluding hydrogens is 238 g/mol. The van der Waals surface area contributed by atoms with Crippen LogP contribution in [-0.2, 0) is 9.53 Å². The van der Waals surface area contributed by atoms with E-state index in [0.29, 0.717) is 24.5 Å². The molecule has 0 radical (unpaired) electrons. The molecule has 0 aliphatic carbocycles. The number of fused-ring (bicyclic) bond motifs is 1. The number of nitro groups is 1. The summed E-state index contributed by atoms with van der Waals surface area (Å²) in [5.74, 6) is -0.366. The van der Waals surface area contributed by atoms with E-state index in [9.17, 15) is 14.9 Å². The minimum absolute atomic E-state index is 0.0158. The van der Waals surface area contributed by atoms with Crippen molar-refractivity contribution in [1.29, 1.82) is 0 Å². The van der Waals surface area contributed by atoms with Gasteiger partial charge in [-0.1, -0.05) is 6.07 Å². The van der Waals surface area contributed by atoms with Gasteiger partial charge in [-0.2, -0.15) is 0 Å². The highest BCUT2D eigenvalue weighted by Crippen LogP contribution is 2.36. The summed E-state index contributed by atoms with van der Waals surface area (Å²) in [5.41, 5.74) is 1.13. The van der Waals surface area contributed by atoms with Gasteiger partial charge in [0, 0.05) is 19.2 Å². The molecule has 1 heterocycles. The number of nitrogens with one attached hydrogen (secondary N) is 1. The normalized spacial score (nSPS) is 13.5. The van der Waals surface area contributed by atoms with E-state index in [0.717, 1.165) is 0 Å². The quantitative estimate of drug-likeness (QED) is 0.490. The first-order chi connectivity index (χ1) is 8.63. The molecule has 0 spiro atoms. The maximum Gasteiger partial charge on any atom is 0.325 e. The first kappa shape index (κ1) is 12.2. The molecule has 1 aliphatic rings. The smallest absolute Gasteiger partial charge is 0.325 e.